The summed E-state index contributed by atoms with van der Waals surface area (Å²) in [5.41, 5.74) is 8.24. The van der Waals surface area contributed by atoms with E-state index >= 15 is 0 Å². The summed E-state index contributed by atoms with van der Waals surface area (Å²) in [6.07, 6.45) is 1.61. The van der Waals surface area contributed by atoms with Crippen molar-refractivity contribution in [3.63, 3.8) is 0 Å². The molecule has 2 aromatic carbocycles. The molecule has 118 valence electrons. The Hall–Kier alpha value is -2.34. The lowest BCUT2D eigenvalue weighted by molar-refractivity contribution is 0.288. The highest BCUT2D eigenvalue weighted by Gasteiger charge is 2.15. The summed E-state index contributed by atoms with van der Waals surface area (Å²) in [6, 6.07) is 12.8. The van der Waals surface area contributed by atoms with Crippen LogP contribution in [0, 0.1) is 5.82 Å². The van der Waals surface area contributed by atoms with E-state index in [-0.39, 0.29) is 5.75 Å². The van der Waals surface area contributed by atoms with Gasteiger partial charge in [0.15, 0.2) is 11.6 Å². The first kappa shape index (κ1) is 15.6. The molecule has 0 saturated carbocycles. The molecule has 3 aromatic rings. The van der Waals surface area contributed by atoms with Gasteiger partial charge >= 0.3 is 0 Å². The molecular weight excluding hydrogens is 361 g/mol. The summed E-state index contributed by atoms with van der Waals surface area (Å²) in [5.74, 6) is 0.211. The minimum absolute atomic E-state index is 0.181. The zero-order valence-electron chi connectivity index (χ0n) is 12.5. The van der Waals surface area contributed by atoms with E-state index in [2.05, 4.69) is 21.0 Å². The van der Waals surface area contributed by atoms with E-state index in [1.807, 2.05) is 30.3 Å². The second kappa shape index (κ2) is 6.42. The largest absolute Gasteiger partial charge is 0.485 e. The van der Waals surface area contributed by atoms with E-state index in [0.717, 1.165) is 5.56 Å². The molecule has 0 amide bonds. The van der Waals surface area contributed by atoms with Crippen LogP contribution in [0.5, 0.6) is 5.75 Å². The van der Waals surface area contributed by atoms with Crippen LogP contribution < -0.4 is 10.5 Å². The van der Waals surface area contributed by atoms with Gasteiger partial charge in [0.2, 0.25) is 0 Å². The summed E-state index contributed by atoms with van der Waals surface area (Å²) in [4.78, 5) is 0. The van der Waals surface area contributed by atoms with Crippen molar-refractivity contribution in [2.75, 3.05) is 5.73 Å². The zero-order valence-corrected chi connectivity index (χ0v) is 14.0. The normalized spacial score (nSPS) is 10.7. The van der Waals surface area contributed by atoms with E-state index in [9.17, 15) is 4.39 Å². The lowest BCUT2D eigenvalue weighted by Crippen LogP contribution is -2.00. The number of rotatable bonds is 4. The van der Waals surface area contributed by atoms with Gasteiger partial charge in [-0.2, -0.15) is 5.10 Å². The molecule has 0 spiro atoms. The number of aryl methyl sites for hydroxylation is 1. The minimum atomic E-state index is -0.450. The molecule has 4 nitrogen and oxygen atoms in total. The maximum Gasteiger partial charge on any atom is 0.169 e. The molecule has 0 unspecified atom stereocenters. The van der Waals surface area contributed by atoms with Crippen LogP contribution in [-0.4, -0.2) is 9.78 Å². The highest BCUT2D eigenvalue weighted by atomic mass is 79.9. The Kier molecular flexibility index (Phi) is 4.34. The number of hydrogen-bond donors (Lipinski definition) is 1. The fourth-order valence-electron chi connectivity index (χ4n) is 2.25. The predicted molar refractivity (Wildman–Crippen MR) is 91.5 cm³/mol. The van der Waals surface area contributed by atoms with E-state index in [0.29, 0.717) is 28.0 Å². The number of hydrogen-bond acceptors (Lipinski definition) is 3. The number of nitrogen functional groups attached to an aromatic ring is 1. The summed E-state index contributed by atoms with van der Waals surface area (Å²) < 4.78 is 22.1. The third-order valence-corrected chi connectivity index (χ3v) is 4.11. The standard InChI is InChI=1S/C17H15BrFN3O/c1-22-17(20)13(9-21-22)12-7-14(18)16(15(19)8-12)23-10-11-5-3-2-4-6-11/h2-9H,10,20H2,1H3. The van der Waals surface area contributed by atoms with Gasteiger partial charge in [-0.15, -0.1) is 0 Å². The summed E-state index contributed by atoms with van der Waals surface area (Å²) in [6.45, 7) is 0.296. The average Bonchev–Trinajstić information content (AvgIpc) is 2.87. The molecule has 2 N–H and O–H groups in total. The molecule has 0 radical (unpaired) electrons. The van der Waals surface area contributed by atoms with Gasteiger partial charge in [0.1, 0.15) is 12.4 Å². The average molecular weight is 376 g/mol. The number of aromatic nitrogens is 2. The highest BCUT2D eigenvalue weighted by molar-refractivity contribution is 9.10. The molecular formula is C17H15BrFN3O. The molecule has 0 aliphatic rings. The number of anilines is 1. The van der Waals surface area contributed by atoms with Crippen molar-refractivity contribution >= 4 is 21.7 Å². The Morgan fingerprint density at radius 3 is 2.61 bits per heavy atom. The Bertz CT molecular complexity index is 810. The van der Waals surface area contributed by atoms with Gasteiger partial charge in [0.25, 0.3) is 0 Å². The molecule has 0 fully saturated rings. The minimum Gasteiger partial charge on any atom is -0.485 e. The molecule has 0 saturated heterocycles. The van der Waals surface area contributed by atoms with Gasteiger partial charge in [-0.25, -0.2) is 4.39 Å². The smallest absolute Gasteiger partial charge is 0.169 e. The fraction of sp³-hybridized carbons (Fsp3) is 0.118. The second-order valence-corrected chi connectivity index (χ2v) is 5.96. The SMILES string of the molecule is Cn1ncc(-c2cc(F)c(OCc3ccccc3)c(Br)c2)c1N. The molecule has 1 aromatic heterocycles. The van der Waals surface area contributed by atoms with Crippen molar-refractivity contribution in [1.82, 2.24) is 9.78 Å². The molecule has 0 bridgehead atoms. The lowest BCUT2D eigenvalue weighted by Gasteiger charge is -2.11. The van der Waals surface area contributed by atoms with Crippen molar-refractivity contribution in [2.24, 2.45) is 7.05 Å². The first-order valence-electron chi connectivity index (χ1n) is 7.00. The van der Waals surface area contributed by atoms with Crippen LogP contribution in [-0.2, 0) is 13.7 Å². The van der Waals surface area contributed by atoms with Crippen LogP contribution in [0.3, 0.4) is 0 Å². The number of benzene rings is 2. The van der Waals surface area contributed by atoms with Gasteiger partial charge in [-0.1, -0.05) is 30.3 Å². The van der Waals surface area contributed by atoms with Crippen molar-refractivity contribution in [2.45, 2.75) is 6.61 Å². The Balaban J connectivity index is 1.87. The number of nitrogens with two attached hydrogens (primary N) is 1. The van der Waals surface area contributed by atoms with E-state index in [1.54, 1.807) is 24.0 Å². The molecule has 0 atom stereocenters. The monoisotopic (exact) mass is 375 g/mol. The second-order valence-electron chi connectivity index (χ2n) is 5.11. The lowest BCUT2D eigenvalue weighted by atomic mass is 10.1. The molecule has 3 rings (SSSR count). The molecule has 1 heterocycles. The van der Waals surface area contributed by atoms with Crippen molar-refractivity contribution in [3.8, 4) is 16.9 Å². The van der Waals surface area contributed by atoms with Crippen LogP contribution >= 0.6 is 15.9 Å². The molecule has 0 aliphatic carbocycles. The van der Waals surface area contributed by atoms with E-state index in [4.69, 9.17) is 10.5 Å². The number of ether oxygens (including phenoxy) is 1. The summed E-state index contributed by atoms with van der Waals surface area (Å²) >= 11 is 3.37. The maximum atomic E-state index is 14.4. The molecule has 6 heteroatoms. The van der Waals surface area contributed by atoms with Gasteiger partial charge in [0, 0.05) is 12.6 Å². The predicted octanol–water partition coefficient (Wildman–Crippen LogP) is 4.15. The molecule has 0 aliphatic heterocycles. The summed E-state index contributed by atoms with van der Waals surface area (Å²) in [5, 5.41) is 4.07. The van der Waals surface area contributed by atoms with Crippen LogP contribution in [0.2, 0.25) is 0 Å². The Morgan fingerprint density at radius 2 is 2.00 bits per heavy atom. The Morgan fingerprint density at radius 1 is 1.26 bits per heavy atom. The van der Waals surface area contributed by atoms with Crippen LogP contribution in [0.4, 0.5) is 10.2 Å². The topological polar surface area (TPSA) is 53.1 Å². The van der Waals surface area contributed by atoms with Crippen molar-refractivity contribution in [1.29, 1.82) is 0 Å². The van der Waals surface area contributed by atoms with E-state index < -0.39 is 5.82 Å². The van der Waals surface area contributed by atoms with Crippen molar-refractivity contribution < 1.29 is 9.13 Å². The number of nitrogens with zero attached hydrogens (tertiary/aromatic N) is 2. The van der Waals surface area contributed by atoms with Gasteiger partial charge in [-0.3, -0.25) is 4.68 Å². The summed E-state index contributed by atoms with van der Waals surface area (Å²) in [7, 11) is 1.74. The molecule has 23 heavy (non-hydrogen) atoms. The maximum absolute atomic E-state index is 14.4. The van der Waals surface area contributed by atoms with Gasteiger partial charge in [-0.05, 0) is 39.2 Å². The Labute approximate surface area is 141 Å². The van der Waals surface area contributed by atoms with Crippen LogP contribution in [0.25, 0.3) is 11.1 Å². The van der Waals surface area contributed by atoms with E-state index in [1.165, 1.54) is 6.07 Å². The number of halogens is 2. The first-order valence-corrected chi connectivity index (χ1v) is 7.79. The van der Waals surface area contributed by atoms with Crippen LogP contribution in [0.15, 0.2) is 53.1 Å². The quantitative estimate of drug-likeness (QED) is 0.744. The third-order valence-electron chi connectivity index (χ3n) is 3.52. The highest BCUT2D eigenvalue weighted by Crippen LogP contribution is 2.35. The van der Waals surface area contributed by atoms with Crippen LogP contribution in [0.1, 0.15) is 5.56 Å². The van der Waals surface area contributed by atoms with Gasteiger partial charge in [0.05, 0.1) is 10.7 Å². The fourth-order valence-corrected chi connectivity index (χ4v) is 2.80. The third kappa shape index (κ3) is 3.22. The van der Waals surface area contributed by atoms with Gasteiger partial charge < -0.3 is 10.5 Å². The van der Waals surface area contributed by atoms with Crippen molar-refractivity contribution in [3.05, 3.63) is 64.5 Å². The first-order chi connectivity index (χ1) is 11.1. The zero-order chi connectivity index (χ0) is 16.4.